The number of carbonyl (C=O) groups excluding carboxylic acids is 1. The maximum Gasteiger partial charge on any atom is 0.261 e. The van der Waals surface area contributed by atoms with Gasteiger partial charge in [0, 0.05) is 11.1 Å². The van der Waals surface area contributed by atoms with Gasteiger partial charge in [0.05, 0.1) is 26.3 Å². The van der Waals surface area contributed by atoms with E-state index in [-0.39, 0.29) is 18.3 Å². The summed E-state index contributed by atoms with van der Waals surface area (Å²) in [6, 6.07) is 8.87. The molecule has 164 valence electrons. The van der Waals surface area contributed by atoms with Crippen molar-refractivity contribution < 1.29 is 23.5 Å². The molecule has 0 spiro atoms. The van der Waals surface area contributed by atoms with E-state index in [0.29, 0.717) is 33.7 Å². The van der Waals surface area contributed by atoms with Crippen LogP contribution in [0.5, 0.6) is 17.2 Å². The molecule has 1 heterocycles. The van der Waals surface area contributed by atoms with Gasteiger partial charge in [0.25, 0.3) is 5.91 Å². The number of ether oxygens (including phenoxy) is 3. The summed E-state index contributed by atoms with van der Waals surface area (Å²) in [4.78, 5) is 16.7. The molecule has 3 rings (SSSR count). The summed E-state index contributed by atoms with van der Waals surface area (Å²) in [6.07, 6.45) is -0.718. The molecule has 0 aliphatic carbocycles. The normalized spacial score (nSPS) is 11.7. The first-order valence-corrected chi connectivity index (χ1v) is 9.96. The van der Waals surface area contributed by atoms with E-state index in [1.165, 1.54) is 0 Å². The minimum Gasteiger partial charge on any atom is -0.497 e. The predicted molar refractivity (Wildman–Crippen MR) is 116 cm³/mol. The summed E-state index contributed by atoms with van der Waals surface area (Å²) >= 11 is 6.17. The molecule has 1 atom stereocenters. The van der Waals surface area contributed by atoms with E-state index >= 15 is 0 Å². The van der Waals surface area contributed by atoms with E-state index in [1.807, 2.05) is 13.8 Å². The minimum absolute atomic E-state index is 0.0661. The molecule has 0 unspecified atom stereocenters. The van der Waals surface area contributed by atoms with Crippen molar-refractivity contribution >= 4 is 17.5 Å². The minimum atomic E-state index is -0.718. The van der Waals surface area contributed by atoms with Gasteiger partial charge in [0.1, 0.15) is 17.2 Å². The number of nitrogens with one attached hydrogen (secondary N) is 1. The number of halogens is 1. The SMILES string of the molecule is COc1ccc(-c2noc(CNC(=O)[C@H](C)Oc3cc(C)c(Cl)c(C)c3)n2)c(OC)c1. The lowest BCUT2D eigenvalue weighted by molar-refractivity contribution is -0.127. The van der Waals surface area contributed by atoms with E-state index < -0.39 is 6.10 Å². The van der Waals surface area contributed by atoms with Gasteiger partial charge < -0.3 is 24.1 Å². The van der Waals surface area contributed by atoms with Crippen molar-refractivity contribution in [1.82, 2.24) is 15.5 Å². The van der Waals surface area contributed by atoms with Crippen LogP contribution in [-0.4, -0.2) is 36.4 Å². The lowest BCUT2D eigenvalue weighted by atomic mass is 10.1. The number of benzene rings is 2. The first kappa shape index (κ1) is 22.4. The number of hydrogen-bond acceptors (Lipinski definition) is 7. The molecule has 8 nitrogen and oxygen atoms in total. The van der Waals surface area contributed by atoms with Gasteiger partial charge in [-0.2, -0.15) is 4.98 Å². The zero-order valence-corrected chi connectivity index (χ0v) is 18.7. The smallest absolute Gasteiger partial charge is 0.261 e. The lowest BCUT2D eigenvalue weighted by Gasteiger charge is -2.15. The Morgan fingerprint density at radius 1 is 1.13 bits per heavy atom. The van der Waals surface area contributed by atoms with Gasteiger partial charge in [-0.25, -0.2) is 0 Å². The van der Waals surface area contributed by atoms with Crippen molar-refractivity contribution in [2.75, 3.05) is 14.2 Å². The highest BCUT2D eigenvalue weighted by molar-refractivity contribution is 6.32. The molecule has 1 amide bonds. The summed E-state index contributed by atoms with van der Waals surface area (Å²) in [6.45, 7) is 5.50. The molecule has 1 N–H and O–H groups in total. The van der Waals surface area contributed by atoms with Crippen LogP contribution in [0, 0.1) is 13.8 Å². The van der Waals surface area contributed by atoms with Gasteiger partial charge in [-0.3, -0.25) is 4.79 Å². The summed E-state index contributed by atoms with van der Waals surface area (Å²) < 4.78 is 21.5. The second kappa shape index (κ2) is 9.70. The Kier molecular flexibility index (Phi) is 7.02. The summed E-state index contributed by atoms with van der Waals surface area (Å²) in [5.41, 5.74) is 2.42. The van der Waals surface area contributed by atoms with E-state index in [0.717, 1.165) is 11.1 Å². The van der Waals surface area contributed by atoms with E-state index in [9.17, 15) is 4.79 Å². The largest absolute Gasteiger partial charge is 0.497 e. The highest BCUT2D eigenvalue weighted by Crippen LogP contribution is 2.31. The molecule has 0 saturated heterocycles. The molecule has 0 fully saturated rings. The Morgan fingerprint density at radius 2 is 1.84 bits per heavy atom. The van der Waals surface area contributed by atoms with Crippen LogP contribution in [0.4, 0.5) is 0 Å². The van der Waals surface area contributed by atoms with E-state index in [1.54, 1.807) is 51.5 Å². The third-order valence-electron chi connectivity index (χ3n) is 4.62. The molecular weight excluding hydrogens is 422 g/mol. The topological polar surface area (TPSA) is 95.7 Å². The van der Waals surface area contributed by atoms with E-state index in [2.05, 4.69) is 15.5 Å². The Hall–Kier alpha value is -3.26. The first-order valence-electron chi connectivity index (χ1n) is 9.58. The Labute approximate surface area is 185 Å². The zero-order valence-electron chi connectivity index (χ0n) is 18.0. The number of aromatic nitrogens is 2. The molecule has 0 aliphatic heterocycles. The van der Waals surface area contributed by atoms with Gasteiger partial charge in [-0.05, 0) is 56.2 Å². The molecule has 3 aromatic rings. The number of aryl methyl sites for hydroxylation is 2. The van der Waals surface area contributed by atoms with Crippen LogP contribution < -0.4 is 19.5 Å². The standard InChI is InChI=1S/C22H24ClN3O5/c1-12-8-16(9-13(2)20(12)23)30-14(3)22(27)24-11-19-25-21(26-31-19)17-7-6-15(28-4)10-18(17)29-5/h6-10,14H,11H2,1-5H3,(H,24,27)/t14-/m0/s1. The molecule has 0 radical (unpaired) electrons. The number of amides is 1. The quantitative estimate of drug-likeness (QED) is 0.557. The first-order chi connectivity index (χ1) is 14.8. The van der Waals surface area contributed by atoms with Gasteiger partial charge in [0.2, 0.25) is 11.7 Å². The fourth-order valence-electron chi connectivity index (χ4n) is 2.96. The lowest BCUT2D eigenvalue weighted by Crippen LogP contribution is -2.36. The predicted octanol–water partition coefficient (Wildman–Crippen LogP) is 4.11. The van der Waals surface area contributed by atoms with Crippen molar-refractivity contribution in [2.24, 2.45) is 0 Å². The third kappa shape index (κ3) is 5.27. The highest BCUT2D eigenvalue weighted by atomic mass is 35.5. The molecule has 0 saturated carbocycles. The second-order valence-corrected chi connectivity index (χ2v) is 7.30. The van der Waals surface area contributed by atoms with Crippen LogP contribution in [0.25, 0.3) is 11.4 Å². The van der Waals surface area contributed by atoms with Crippen molar-refractivity contribution in [1.29, 1.82) is 0 Å². The van der Waals surface area contributed by atoms with E-state index in [4.69, 9.17) is 30.3 Å². The molecule has 31 heavy (non-hydrogen) atoms. The number of hydrogen-bond donors (Lipinski definition) is 1. The number of methoxy groups -OCH3 is 2. The number of carbonyl (C=O) groups is 1. The van der Waals surface area contributed by atoms with Gasteiger partial charge in [-0.15, -0.1) is 0 Å². The van der Waals surface area contributed by atoms with Gasteiger partial charge in [-0.1, -0.05) is 16.8 Å². The Bertz CT molecular complexity index is 1060. The van der Waals surface area contributed by atoms with Crippen molar-refractivity contribution in [3.63, 3.8) is 0 Å². The molecule has 0 aliphatic rings. The maximum absolute atomic E-state index is 12.4. The average Bonchev–Trinajstić information content (AvgIpc) is 3.23. The van der Waals surface area contributed by atoms with Gasteiger partial charge in [0.15, 0.2) is 6.10 Å². The molecule has 1 aromatic heterocycles. The van der Waals surface area contributed by atoms with Crippen LogP contribution >= 0.6 is 11.6 Å². The molecule has 0 bridgehead atoms. The molecule has 9 heteroatoms. The summed E-state index contributed by atoms with van der Waals surface area (Å²) in [7, 11) is 3.12. The average molecular weight is 446 g/mol. The highest BCUT2D eigenvalue weighted by Gasteiger charge is 2.18. The maximum atomic E-state index is 12.4. The van der Waals surface area contributed by atoms with Crippen molar-refractivity contribution in [2.45, 2.75) is 33.4 Å². The van der Waals surface area contributed by atoms with Crippen LogP contribution in [0.2, 0.25) is 5.02 Å². The monoisotopic (exact) mass is 445 g/mol. The third-order valence-corrected chi connectivity index (χ3v) is 5.22. The van der Waals surface area contributed by atoms with Crippen LogP contribution in [0.1, 0.15) is 23.9 Å². The summed E-state index contributed by atoms with van der Waals surface area (Å²) in [5.74, 6) is 2.07. The molecule has 2 aromatic carbocycles. The number of rotatable bonds is 8. The van der Waals surface area contributed by atoms with Gasteiger partial charge >= 0.3 is 0 Å². The van der Waals surface area contributed by atoms with Crippen LogP contribution in [0.15, 0.2) is 34.9 Å². The van der Waals surface area contributed by atoms with Crippen molar-refractivity contribution in [3.05, 3.63) is 52.4 Å². The Balaban J connectivity index is 1.62. The second-order valence-electron chi connectivity index (χ2n) is 6.93. The van der Waals surface area contributed by atoms with Crippen molar-refractivity contribution in [3.8, 4) is 28.6 Å². The fraction of sp³-hybridized carbons (Fsp3) is 0.318. The van der Waals surface area contributed by atoms with Crippen LogP contribution in [0.3, 0.4) is 0 Å². The number of nitrogens with zero attached hydrogens (tertiary/aromatic N) is 2. The fourth-order valence-corrected chi connectivity index (χ4v) is 3.07. The zero-order chi connectivity index (χ0) is 22.5. The summed E-state index contributed by atoms with van der Waals surface area (Å²) in [5, 5.41) is 7.39. The Morgan fingerprint density at radius 3 is 2.48 bits per heavy atom. The van der Waals surface area contributed by atoms with Crippen LogP contribution in [-0.2, 0) is 11.3 Å². The molecular formula is C22H24ClN3O5.